The second-order valence-electron chi connectivity index (χ2n) is 10.3. The predicted molar refractivity (Wildman–Crippen MR) is 160 cm³/mol. The fourth-order valence-electron chi connectivity index (χ4n) is 4.95. The highest BCUT2D eigenvalue weighted by Gasteiger charge is 2.54. The average molecular weight is 619 g/mol. The van der Waals surface area contributed by atoms with Crippen molar-refractivity contribution in [3.8, 4) is 5.75 Å². The van der Waals surface area contributed by atoms with Gasteiger partial charge >= 0.3 is 0 Å². The molecule has 1 aliphatic heterocycles. The summed E-state index contributed by atoms with van der Waals surface area (Å²) in [4.78, 5) is 22.3. The molecular formula is C31H32BrN5O4. The molecule has 1 heterocycles. The van der Waals surface area contributed by atoms with E-state index in [0.29, 0.717) is 42.7 Å². The van der Waals surface area contributed by atoms with Gasteiger partial charge in [-0.1, -0.05) is 63.5 Å². The monoisotopic (exact) mass is 617 g/mol. The Bertz CT molecular complexity index is 1450. The molecule has 1 saturated carbocycles. The molecule has 10 heteroatoms. The Morgan fingerprint density at radius 2 is 1.85 bits per heavy atom. The van der Waals surface area contributed by atoms with E-state index in [1.807, 2.05) is 72.8 Å². The molecule has 3 aromatic carbocycles. The van der Waals surface area contributed by atoms with Gasteiger partial charge in [0.2, 0.25) is 5.90 Å². The number of carbonyl (C=O) groups is 1. The lowest BCUT2D eigenvalue weighted by Gasteiger charge is -2.32. The number of aliphatic imine (C=N–C) groups is 1. The second-order valence-corrected chi connectivity index (χ2v) is 11.2. The van der Waals surface area contributed by atoms with E-state index in [4.69, 9.17) is 25.1 Å². The van der Waals surface area contributed by atoms with Crippen molar-refractivity contribution in [1.82, 2.24) is 5.32 Å². The molecule has 0 bridgehead atoms. The van der Waals surface area contributed by atoms with Gasteiger partial charge in [0, 0.05) is 40.9 Å². The van der Waals surface area contributed by atoms with Crippen molar-refractivity contribution in [2.24, 2.45) is 16.0 Å². The van der Waals surface area contributed by atoms with Crippen LogP contribution in [0.15, 0.2) is 87.4 Å². The standard InChI is InChI=1S/C31H32BrN5O4/c32-27-9-4-2-6-23(27)18-31(30(39)34-19-21-10-11-21)28(26-8-3-1-7-24(26)20-35-37-33)41-29(36-31)22-12-14-25(15-13-22)40-17-5-16-38/h1-4,6-9,12-15,21,28,38H,5,10-11,16-20H2,(H,34,39)/t28-,31-/m1/s1. The molecule has 1 amide bonds. The fraction of sp³-hybridized carbons (Fsp3) is 0.355. The van der Waals surface area contributed by atoms with Crippen LogP contribution in [0.4, 0.5) is 0 Å². The summed E-state index contributed by atoms with van der Waals surface area (Å²) in [6.07, 6.45) is 2.27. The third kappa shape index (κ3) is 6.73. The Morgan fingerprint density at radius 3 is 2.56 bits per heavy atom. The van der Waals surface area contributed by atoms with E-state index >= 15 is 0 Å². The first-order chi connectivity index (χ1) is 20.0. The first kappa shape index (κ1) is 28.7. The van der Waals surface area contributed by atoms with Crippen LogP contribution in [0, 0.1) is 5.92 Å². The third-order valence-corrected chi connectivity index (χ3v) is 8.11. The fourth-order valence-corrected chi connectivity index (χ4v) is 5.37. The average Bonchev–Trinajstić information content (AvgIpc) is 3.75. The molecular weight excluding hydrogens is 586 g/mol. The molecule has 0 unspecified atom stereocenters. The normalized spacial score (nSPS) is 19.6. The highest BCUT2D eigenvalue weighted by Crippen LogP contribution is 2.44. The number of hydrogen-bond acceptors (Lipinski definition) is 6. The van der Waals surface area contributed by atoms with E-state index in [-0.39, 0.29) is 25.5 Å². The molecule has 2 N–H and O–H groups in total. The lowest BCUT2D eigenvalue weighted by atomic mass is 9.80. The van der Waals surface area contributed by atoms with Gasteiger partial charge in [-0.05, 0) is 71.3 Å². The molecule has 3 aromatic rings. The molecule has 0 saturated heterocycles. The van der Waals surface area contributed by atoms with Gasteiger partial charge in [-0.25, -0.2) is 4.99 Å². The molecule has 0 aromatic heterocycles. The molecule has 212 valence electrons. The van der Waals surface area contributed by atoms with Crippen LogP contribution in [0.5, 0.6) is 5.75 Å². The number of nitrogens with zero attached hydrogens (tertiary/aromatic N) is 4. The number of aliphatic hydroxyl groups is 1. The van der Waals surface area contributed by atoms with Crippen molar-refractivity contribution in [3.63, 3.8) is 0 Å². The van der Waals surface area contributed by atoms with Gasteiger partial charge < -0.3 is 19.9 Å². The molecule has 5 rings (SSSR count). The summed E-state index contributed by atoms with van der Waals surface area (Å²) < 4.78 is 13.2. The van der Waals surface area contributed by atoms with Gasteiger partial charge in [0.25, 0.3) is 5.91 Å². The van der Waals surface area contributed by atoms with Crippen LogP contribution in [0.1, 0.15) is 47.6 Å². The van der Waals surface area contributed by atoms with Crippen molar-refractivity contribution < 1.29 is 19.4 Å². The van der Waals surface area contributed by atoms with Gasteiger partial charge in [-0.3, -0.25) is 4.79 Å². The number of rotatable bonds is 13. The van der Waals surface area contributed by atoms with Gasteiger partial charge in [-0.2, -0.15) is 0 Å². The number of nitrogens with one attached hydrogen (secondary N) is 1. The number of carbonyl (C=O) groups excluding carboxylic acids is 1. The van der Waals surface area contributed by atoms with Crippen molar-refractivity contribution in [2.75, 3.05) is 19.8 Å². The summed E-state index contributed by atoms with van der Waals surface area (Å²) in [7, 11) is 0. The van der Waals surface area contributed by atoms with Crippen molar-refractivity contribution >= 4 is 27.7 Å². The van der Waals surface area contributed by atoms with E-state index in [9.17, 15) is 4.79 Å². The van der Waals surface area contributed by atoms with Crippen LogP contribution in [0.3, 0.4) is 0 Å². The number of amides is 1. The number of azide groups is 1. The van der Waals surface area contributed by atoms with Gasteiger partial charge in [0.15, 0.2) is 11.6 Å². The zero-order valence-electron chi connectivity index (χ0n) is 22.6. The smallest absolute Gasteiger partial charge is 0.252 e. The molecule has 0 radical (unpaired) electrons. The summed E-state index contributed by atoms with van der Waals surface area (Å²) in [6, 6.07) is 22.7. The first-order valence-electron chi connectivity index (χ1n) is 13.7. The molecule has 1 aliphatic carbocycles. The molecule has 2 atom stereocenters. The number of halogens is 1. The minimum Gasteiger partial charge on any atom is -0.494 e. The minimum absolute atomic E-state index is 0.0632. The van der Waals surface area contributed by atoms with Gasteiger partial charge in [-0.15, -0.1) is 0 Å². The van der Waals surface area contributed by atoms with E-state index in [0.717, 1.165) is 34.0 Å². The maximum Gasteiger partial charge on any atom is 0.252 e. The maximum absolute atomic E-state index is 14.3. The van der Waals surface area contributed by atoms with E-state index < -0.39 is 11.6 Å². The van der Waals surface area contributed by atoms with Crippen LogP contribution in [-0.4, -0.2) is 42.2 Å². The van der Waals surface area contributed by atoms with E-state index in [1.165, 1.54) is 0 Å². The summed E-state index contributed by atoms with van der Waals surface area (Å²) in [6.45, 7) is 1.19. The Balaban J connectivity index is 1.59. The first-order valence-corrected chi connectivity index (χ1v) is 14.5. The topological polar surface area (TPSA) is 129 Å². The minimum atomic E-state index is -1.32. The number of hydrogen-bond donors (Lipinski definition) is 2. The Morgan fingerprint density at radius 1 is 1.12 bits per heavy atom. The number of ether oxygens (including phenoxy) is 2. The summed E-state index contributed by atoms with van der Waals surface area (Å²) >= 11 is 3.66. The quantitative estimate of drug-likeness (QED) is 0.105. The highest BCUT2D eigenvalue weighted by atomic mass is 79.9. The molecule has 0 spiro atoms. The van der Waals surface area contributed by atoms with Crippen LogP contribution < -0.4 is 10.1 Å². The Kier molecular flexibility index (Phi) is 9.24. The molecule has 2 aliphatic rings. The van der Waals surface area contributed by atoms with Crippen molar-refractivity contribution in [2.45, 2.75) is 43.9 Å². The zero-order chi connectivity index (χ0) is 28.7. The van der Waals surface area contributed by atoms with Crippen LogP contribution in [0.2, 0.25) is 0 Å². The van der Waals surface area contributed by atoms with Crippen LogP contribution in [-0.2, 0) is 22.5 Å². The Hall–Kier alpha value is -3.85. The van der Waals surface area contributed by atoms with E-state index in [2.05, 4.69) is 31.3 Å². The zero-order valence-corrected chi connectivity index (χ0v) is 24.2. The van der Waals surface area contributed by atoms with Crippen molar-refractivity contribution in [3.05, 3.63) is 110 Å². The third-order valence-electron chi connectivity index (χ3n) is 7.34. The summed E-state index contributed by atoms with van der Waals surface area (Å²) in [5.41, 5.74) is 10.8. The van der Waals surface area contributed by atoms with E-state index in [1.54, 1.807) is 0 Å². The molecule has 9 nitrogen and oxygen atoms in total. The van der Waals surface area contributed by atoms with Crippen LogP contribution in [0.25, 0.3) is 10.4 Å². The number of aliphatic hydroxyl groups excluding tert-OH is 1. The lowest BCUT2D eigenvalue weighted by Crippen LogP contribution is -2.50. The largest absolute Gasteiger partial charge is 0.494 e. The van der Waals surface area contributed by atoms with Crippen molar-refractivity contribution in [1.29, 1.82) is 0 Å². The second kappa shape index (κ2) is 13.2. The number of benzene rings is 3. The Labute approximate surface area is 247 Å². The maximum atomic E-state index is 14.3. The van der Waals surface area contributed by atoms with Gasteiger partial charge in [0.1, 0.15) is 5.75 Å². The van der Waals surface area contributed by atoms with Gasteiger partial charge in [0.05, 0.1) is 13.2 Å². The summed E-state index contributed by atoms with van der Waals surface area (Å²) in [5, 5.41) is 16.0. The molecule has 1 fully saturated rings. The predicted octanol–water partition coefficient (Wildman–Crippen LogP) is 6.05. The lowest BCUT2D eigenvalue weighted by molar-refractivity contribution is -0.129. The van der Waals surface area contributed by atoms with Crippen LogP contribution >= 0.6 is 15.9 Å². The molecule has 41 heavy (non-hydrogen) atoms. The highest BCUT2D eigenvalue weighted by molar-refractivity contribution is 9.10. The summed E-state index contributed by atoms with van der Waals surface area (Å²) in [5.74, 6) is 1.30. The SMILES string of the molecule is [N-]=[N+]=NCc1ccccc1[C@H]1OC(c2ccc(OCCCO)cc2)=N[C@@]1(Cc1ccccc1Br)C(=O)NCC1CC1.